The molecule has 1 heterocycles. The zero-order valence-corrected chi connectivity index (χ0v) is 11.6. The van der Waals surface area contributed by atoms with Gasteiger partial charge in [-0.15, -0.1) is 0 Å². The van der Waals surface area contributed by atoms with Crippen LogP contribution in [0.25, 0.3) is 0 Å². The van der Waals surface area contributed by atoms with E-state index in [1.807, 2.05) is 6.07 Å². The molecular formula is C14H14ClN3O2. The molecule has 0 aliphatic rings. The number of halogens is 1. The summed E-state index contributed by atoms with van der Waals surface area (Å²) in [5, 5.41) is 6.00. The number of carbonyl (C=O) groups excluding carboxylic acids is 1. The molecule has 0 saturated carbocycles. The first-order valence-corrected chi connectivity index (χ1v) is 6.34. The van der Waals surface area contributed by atoms with E-state index < -0.39 is 0 Å². The van der Waals surface area contributed by atoms with Gasteiger partial charge in [0.15, 0.2) is 0 Å². The molecule has 6 heteroatoms. The summed E-state index contributed by atoms with van der Waals surface area (Å²) in [5.41, 5.74) is 1.52. The average Bonchev–Trinajstić information content (AvgIpc) is 2.46. The minimum atomic E-state index is -0.303. The molecule has 2 aromatic rings. The number of aromatic nitrogens is 1. The van der Waals surface area contributed by atoms with Gasteiger partial charge in [-0.1, -0.05) is 23.7 Å². The molecule has 0 unspecified atom stereocenters. The molecule has 20 heavy (non-hydrogen) atoms. The molecule has 0 bridgehead atoms. The van der Waals surface area contributed by atoms with Crippen LogP contribution in [0.3, 0.4) is 0 Å². The smallest absolute Gasteiger partial charge is 0.319 e. The van der Waals surface area contributed by atoms with Gasteiger partial charge < -0.3 is 15.4 Å². The Bertz CT molecular complexity index is 587. The number of hydrogen-bond donors (Lipinski definition) is 2. The van der Waals surface area contributed by atoms with E-state index in [-0.39, 0.29) is 6.03 Å². The number of hydrogen-bond acceptors (Lipinski definition) is 3. The van der Waals surface area contributed by atoms with E-state index >= 15 is 0 Å². The summed E-state index contributed by atoms with van der Waals surface area (Å²) in [4.78, 5) is 15.8. The Morgan fingerprint density at radius 1 is 1.35 bits per heavy atom. The van der Waals surface area contributed by atoms with E-state index in [1.165, 1.54) is 0 Å². The Morgan fingerprint density at radius 3 is 2.85 bits per heavy atom. The number of nitrogens with one attached hydrogen (secondary N) is 2. The van der Waals surface area contributed by atoms with Crippen molar-refractivity contribution in [1.82, 2.24) is 10.3 Å². The first-order chi connectivity index (χ1) is 9.67. The van der Waals surface area contributed by atoms with Crippen molar-refractivity contribution < 1.29 is 9.53 Å². The Hall–Kier alpha value is -2.27. The van der Waals surface area contributed by atoms with Crippen LogP contribution in [-0.2, 0) is 6.54 Å². The Balaban J connectivity index is 1.85. The number of methoxy groups -OCH3 is 1. The molecule has 0 saturated heterocycles. The third kappa shape index (κ3) is 4.13. The second-order valence-corrected chi connectivity index (χ2v) is 4.46. The van der Waals surface area contributed by atoms with Gasteiger partial charge in [-0.2, -0.15) is 0 Å². The van der Waals surface area contributed by atoms with Gasteiger partial charge in [-0.05, 0) is 23.8 Å². The lowest BCUT2D eigenvalue weighted by molar-refractivity contribution is 0.251. The summed E-state index contributed by atoms with van der Waals surface area (Å²) in [5.74, 6) is 0.539. The third-order valence-electron chi connectivity index (χ3n) is 2.54. The van der Waals surface area contributed by atoms with Gasteiger partial charge in [0.05, 0.1) is 7.11 Å². The van der Waals surface area contributed by atoms with E-state index in [0.29, 0.717) is 23.1 Å². The van der Waals surface area contributed by atoms with E-state index in [9.17, 15) is 4.79 Å². The lowest BCUT2D eigenvalue weighted by Crippen LogP contribution is -2.28. The second kappa shape index (κ2) is 6.77. The fourth-order valence-electron chi connectivity index (χ4n) is 1.56. The van der Waals surface area contributed by atoms with Crippen LogP contribution in [0, 0.1) is 0 Å². The van der Waals surface area contributed by atoms with E-state index in [1.54, 1.807) is 43.6 Å². The fraction of sp³-hybridized carbons (Fsp3) is 0.143. The van der Waals surface area contributed by atoms with Crippen LogP contribution < -0.4 is 15.4 Å². The molecule has 0 atom stereocenters. The van der Waals surface area contributed by atoms with Gasteiger partial charge in [-0.25, -0.2) is 9.78 Å². The topological polar surface area (TPSA) is 63.2 Å². The number of benzene rings is 1. The van der Waals surface area contributed by atoms with Gasteiger partial charge in [-0.3, -0.25) is 0 Å². The zero-order chi connectivity index (χ0) is 14.4. The summed E-state index contributed by atoms with van der Waals surface area (Å²) in [6, 6.07) is 10.2. The molecule has 5 nitrogen and oxygen atoms in total. The standard InChI is InChI=1S/C14H14ClN3O2/c1-20-13-6-5-10(8-16-13)9-17-14(19)18-12-4-2-3-11(15)7-12/h2-8H,9H2,1H3,(H2,17,18,19). The summed E-state index contributed by atoms with van der Waals surface area (Å²) in [6.45, 7) is 0.378. The van der Waals surface area contributed by atoms with Crippen LogP contribution in [0.2, 0.25) is 5.02 Å². The highest BCUT2D eigenvalue weighted by atomic mass is 35.5. The first kappa shape index (κ1) is 14.1. The minimum Gasteiger partial charge on any atom is -0.481 e. The van der Waals surface area contributed by atoms with Crippen LogP contribution in [-0.4, -0.2) is 18.1 Å². The largest absolute Gasteiger partial charge is 0.481 e. The van der Waals surface area contributed by atoms with Crippen molar-refractivity contribution in [3.63, 3.8) is 0 Å². The van der Waals surface area contributed by atoms with Crippen LogP contribution in [0.4, 0.5) is 10.5 Å². The van der Waals surface area contributed by atoms with Crippen molar-refractivity contribution in [2.75, 3.05) is 12.4 Å². The fourth-order valence-corrected chi connectivity index (χ4v) is 1.75. The van der Waals surface area contributed by atoms with Crippen molar-refractivity contribution in [1.29, 1.82) is 0 Å². The number of urea groups is 1. The summed E-state index contributed by atoms with van der Waals surface area (Å²) < 4.78 is 4.96. The predicted molar refractivity (Wildman–Crippen MR) is 78.1 cm³/mol. The Morgan fingerprint density at radius 2 is 2.20 bits per heavy atom. The lowest BCUT2D eigenvalue weighted by atomic mass is 10.3. The Kier molecular flexibility index (Phi) is 4.79. The maximum Gasteiger partial charge on any atom is 0.319 e. The number of carbonyl (C=O) groups is 1. The maximum absolute atomic E-state index is 11.7. The number of amides is 2. The monoisotopic (exact) mass is 291 g/mol. The van der Waals surface area contributed by atoms with Crippen molar-refractivity contribution >= 4 is 23.3 Å². The number of rotatable bonds is 4. The zero-order valence-electron chi connectivity index (χ0n) is 10.9. The van der Waals surface area contributed by atoms with E-state index in [2.05, 4.69) is 15.6 Å². The lowest BCUT2D eigenvalue weighted by Gasteiger charge is -2.08. The van der Waals surface area contributed by atoms with Crippen molar-refractivity contribution in [3.05, 3.63) is 53.2 Å². The summed E-state index contributed by atoms with van der Waals surface area (Å²) >= 11 is 5.84. The molecular weight excluding hydrogens is 278 g/mol. The molecule has 1 aromatic heterocycles. The maximum atomic E-state index is 11.7. The normalized spacial score (nSPS) is 9.90. The number of nitrogens with zero attached hydrogens (tertiary/aromatic N) is 1. The minimum absolute atomic E-state index is 0.303. The molecule has 104 valence electrons. The molecule has 1 aromatic carbocycles. The molecule has 0 radical (unpaired) electrons. The number of anilines is 1. The SMILES string of the molecule is COc1ccc(CNC(=O)Nc2cccc(Cl)c2)cn1. The molecule has 2 amide bonds. The van der Waals surface area contributed by atoms with Crippen LogP contribution >= 0.6 is 11.6 Å². The van der Waals surface area contributed by atoms with Gasteiger partial charge in [0.2, 0.25) is 5.88 Å². The van der Waals surface area contributed by atoms with Crippen molar-refractivity contribution in [2.24, 2.45) is 0 Å². The summed E-state index contributed by atoms with van der Waals surface area (Å²) in [7, 11) is 1.55. The quantitative estimate of drug-likeness (QED) is 0.910. The number of ether oxygens (including phenoxy) is 1. The van der Waals surface area contributed by atoms with Crippen LogP contribution in [0.1, 0.15) is 5.56 Å². The average molecular weight is 292 g/mol. The first-order valence-electron chi connectivity index (χ1n) is 5.97. The second-order valence-electron chi connectivity index (χ2n) is 4.03. The van der Waals surface area contributed by atoms with Crippen molar-refractivity contribution in [3.8, 4) is 5.88 Å². The summed E-state index contributed by atoms with van der Waals surface area (Å²) in [6.07, 6.45) is 1.65. The van der Waals surface area contributed by atoms with Crippen LogP contribution in [0.5, 0.6) is 5.88 Å². The van der Waals surface area contributed by atoms with Crippen LogP contribution in [0.15, 0.2) is 42.6 Å². The molecule has 2 rings (SSSR count). The highest BCUT2D eigenvalue weighted by Gasteiger charge is 2.02. The molecule has 2 N–H and O–H groups in total. The van der Waals surface area contributed by atoms with Gasteiger partial charge in [0, 0.05) is 29.5 Å². The molecule has 0 spiro atoms. The highest BCUT2D eigenvalue weighted by molar-refractivity contribution is 6.30. The molecule has 0 aliphatic carbocycles. The van der Waals surface area contributed by atoms with Gasteiger partial charge in [0.25, 0.3) is 0 Å². The third-order valence-corrected chi connectivity index (χ3v) is 2.78. The van der Waals surface area contributed by atoms with E-state index in [4.69, 9.17) is 16.3 Å². The van der Waals surface area contributed by atoms with E-state index in [0.717, 1.165) is 5.56 Å². The van der Waals surface area contributed by atoms with Gasteiger partial charge in [0.1, 0.15) is 0 Å². The predicted octanol–water partition coefficient (Wildman–Crippen LogP) is 3.07. The van der Waals surface area contributed by atoms with Gasteiger partial charge >= 0.3 is 6.03 Å². The number of pyridine rings is 1. The Labute approximate surface area is 121 Å². The molecule has 0 aliphatic heterocycles. The highest BCUT2D eigenvalue weighted by Crippen LogP contribution is 2.14. The molecule has 0 fully saturated rings. The van der Waals surface area contributed by atoms with Crippen molar-refractivity contribution in [2.45, 2.75) is 6.54 Å².